The van der Waals surface area contributed by atoms with Gasteiger partial charge in [0.25, 0.3) is 11.5 Å². The van der Waals surface area contributed by atoms with Crippen molar-refractivity contribution in [3.05, 3.63) is 115 Å². The molecule has 3 aromatic carbocycles. The second-order valence-corrected chi connectivity index (χ2v) is 9.04. The van der Waals surface area contributed by atoms with Crippen LogP contribution in [-0.4, -0.2) is 10.5 Å². The van der Waals surface area contributed by atoms with Gasteiger partial charge in [-0.2, -0.15) is 5.26 Å². The lowest BCUT2D eigenvalue weighted by Crippen LogP contribution is -2.32. The Bertz CT molecular complexity index is 1620. The Balaban J connectivity index is 2.00. The van der Waals surface area contributed by atoms with Crippen molar-refractivity contribution in [2.75, 3.05) is 5.32 Å². The van der Waals surface area contributed by atoms with Crippen LogP contribution in [0.1, 0.15) is 22.3 Å². The van der Waals surface area contributed by atoms with Crippen molar-refractivity contribution in [3.8, 4) is 11.8 Å². The van der Waals surface area contributed by atoms with Gasteiger partial charge in [0.15, 0.2) is 5.57 Å². The molecule has 0 atom stereocenters. The SMILES string of the molecule is Cc1cccc(NC(=O)/C(C#N)=c2\s/c(=C/c3ccccc3C)c(=O)n2-c2ccccc2C)c1. The number of thiazole rings is 1. The monoisotopic (exact) mass is 465 g/mol. The predicted octanol–water partition coefficient (Wildman–Crippen LogP) is 3.97. The van der Waals surface area contributed by atoms with E-state index in [0.29, 0.717) is 20.6 Å². The number of aryl methyl sites for hydroxylation is 3. The van der Waals surface area contributed by atoms with Crippen molar-refractivity contribution in [3.63, 3.8) is 0 Å². The van der Waals surface area contributed by atoms with E-state index in [9.17, 15) is 14.9 Å². The molecular formula is C28H23N3O2S. The Morgan fingerprint density at radius 2 is 1.68 bits per heavy atom. The Hall–Kier alpha value is -4.21. The number of carbonyl (C=O) groups is 1. The van der Waals surface area contributed by atoms with Crippen molar-refractivity contribution in [2.45, 2.75) is 20.8 Å². The van der Waals surface area contributed by atoms with Crippen LogP contribution in [0.5, 0.6) is 0 Å². The molecule has 0 spiro atoms. The number of nitrogens with zero attached hydrogens (tertiary/aromatic N) is 2. The summed E-state index contributed by atoms with van der Waals surface area (Å²) in [5, 5.41) is 12.8. The maximum Gasteiger partial charge on any atom is 0.273 e. The van der Waals surface area contributed by atoms with Gasteiger partial charge in [-0.3, -0.25) is 14.2 Å². The van der Waals surface area contributed by atoms with Crippen molar-refractivity contribution in [1.29, 1.82) is 5.26 Å². The fraction of sp³-hybridized carbons (Fsp3) is 0.107. The summed E-state index contributed by atoms with van der Waals surface area (Å²) in [7, 11) is 0. The molecule has 1 aromatic heterocycles. The summed E-state index contributed by atoms with van der Waals surface area (Å²) >= 11 is 1.14. The van der Waals surface area contributed by atoms with Crippen LogP contribution >= 0.6 is 11.3 Å². The maximum atomic E-state index is 13.6. The lowest BCUT2D eigenvalue weighted by Gasteiger charge is -2.08. The van der Waals surface area contributed by atoms with E-state index in [0.717, 1.165) is 33.6 Å². The Labute approximate surface area is 201 Å². The maximum absolute atomic E-state index is 13.6. The van der Waals surface area contributed by atoms with Gasteiger partial charge >= 0.3 is 0 Å². The second kappa shape index (κ2) is 9.74. The summed E-state index contributed by atoms with van der Waals surface area (Å²) in [5.74, 6) is -0.556. The van der Waals surface area contributed by atoms with E-state index < -0.39 is 5.91 Å². The van der Waals surface area contributed by atoms with Gasteiger partial charge in [-0.25, -0.2) is 0 Å². The first-order valence-electron chi connectivity index (χ1n) is 10.8. The third kappa shape index (κ3) is 4.61. The molecule has 0 bridgehead atoms. The minimum atomic E-state index is -0.556. The van der Waals surface area contributed by atoms with Crippen LogP contribution in [0.15, 0.2) is 77.6 Å². The molecule has 5 nitrogen and oxygen atoms in total. The number of nitriles is 1. The molecule has 0 saturated heterocycles. The van der Waals surface area contributed by atoms with Crippen molar-refractivity contribution < 1.29 is 4.79 Å². The lowest BCUT2D eigenvalue weighted by molar-refractivity contribution is -0.111. The van der Waals surface area contributed by atoms with E-state index in [2.05, 4.69) is 5.32 Å². The number of para-hydroxylation sites is 1. The average Bonchev–Trinajstić information content (AvgIpc) is 3.11. The van der Waals surface area contributed by atoms with Gasteiger partial charge in [-0.05, 0) is 67.3 Å². The number of amides is 1. The molecule has 0 radical (unpaired) electrons. The number of aromatic nitrogens is 1. The quantitative estimate of drug-likeness (QED) is 0.496. The number of carbonyl (C=O) groups excluding carboxylic acids is 1. The molecule has 34 heavy (non-hydrogen) atoms. The van der Waals surface area contributed by atoms with Gasteiger partial charge in [0.2, 0.25) is 0 Å². The molecule has 0 aliphatic rings. The van der Waals surface area contributed by atoms with Gasteiger partial charge in [-0.15, -0.1) is 11.3 Å². The van der Waals surface area contributed by atoms with Crippen LogP contribution in [0.4, 0.5) is 5.69 Å². The smallest absolute Gasteiger partial charge is 0.273 e. The van der Waals surface area contributed by atoms with Gasteiger partial charge in [0.1, 0.15) is 10.7 Å². The highest BCUT2D eigenvalue weighted by Crippen LogP contribution is 2.13. The zero-order valence-corrected chi connectivity index (χ0v) is 19.9. The molecule has 4 aromatic rings. The van der Waals surface area contributed by atoms with Crippen LogP contribution in [0.25, 0.3) is 17.3 Å². The number of hydrogen-bond acceptors (Lipinski definition) is 4. The standard InChI is InChI=1S/C28H23N3O2S/c1-18-9-8-13-22(15-18)30-26(32)23(17-29)28-31(24-14-7-5-11-20(24)3)27(33)25(34-28)16-21-12-6-4-10-19(21)2/h4-16H,1-3H3,(H,30,32)/b25-16+,28-23-. The Morgan fingerprint density at radius 3 is 2.35 bits per heavy atom. The van der Waals surface area contributed by atoms with E-state index in [1.807, 2.05) is 99.6 Å². The number of benzene rings is 3. The van der Waals surface area contributed by atoms with Crippen LogP contribution in [0, 0.1) is 32.1 Å². The highest BCUT2D eigenvalue weighted by molar-refractivity contribution is 7.07. The fourth-order valence-corrected chi connectivity index (χ4v) is 4.77. The normalized spacial score (nSPS) is 12.2. The van der Waals surface area contributed by atoms with E-state index in [1.165, 1.54) is 4.57 Å². The summed E-state index contributed by atoms with van der Waals surface area (Å²) in [4.78, 5) is 26.8. The largest absolute Gasteiger partial charge is 0.321 e. The first-order chi connectivity index (χ1) is 16.4. The van der Waals surface area contributed by atoms with Crippen LogP contribution < -0.4 is 20.1 Å². The summed E-state index contributed by atoms with van der Waals surface area (Å²) in [6.45, 7) is 5.79. The van der Waals surface area contributed by atoms with E-state index in [1.54, 1.807) is 6.07 Å². The van der Waals surface area contributed by atoms with Gasteiger partial charge in [0.05, 0.1) is 10.2 Å². The predicted molar refractivity (Wildman–Crippen MR) is 137 cm³/mol. The highest BCUT2D eigenvalue weighted by Gasteiger charge is 2.18. The lowest BCUT2D eigenvalue weighted by atomic mass is 10.1. The fourth-order valence-electron chi connectivity index (χ4n) is 3.69. The van der Waals surface area contributed by atoms with Gasteiger partial charge < -0.3 is 5.32 Å². The molecule has 0 fully saturated rings. The van der Waals surface area contributed by atoms with E-state index >= 15 is 0 Å². The van der Waals surface area contributed by atoms with Gasteiger partial charge in [0, 0.05) is 5.69 Å². The molecular weight excluding hydrogens is 442 g/mol. The highest BCUT2D eigenvalue weighted by atomic mass is 32.1. The number of rotatable bonds is 4. The van der Waals surface area contributed by atoms with Gasteiger partial charge in [-0.1, -0.05) is 54.6 Å². The molecule has 0 aliphatic heterocycles. The van der Waals surface area contributed by atoms with Crippen LogP contribution in [-0.2, 0) is 4.79 Å². The molecule has 1 N–H and O–H groups in total. The van der Waals surface area contributed by atoms with Crippen LogP contribution in [0.3, 0.4) is 0 Å². The van der Waals surface area contributed by atoms with Crippen molar-refractivity contribution in [2.24, 2.45) is 0 Å². The third-order valence-corrected chi connectivity index (χ3v) is 6.58. The average molecular weight is 466 g/mol. The number of nitrogens with one attached hydrogen (secondary N) is 1. The summed E-state index contributed by atoms with van der Waals surface area (Å²) in [5.41, 5.74) is 4.63. The first kappa shape index (κ1) is 23.0. The van der Waals surface area contributed by atoms with Crippen molar-refractivity contribution in [1.82, 2.24) is 4.57 Å². The number of anilines is 1. The van der Waals surface area contributed by atoms with E-state index in [4.69, 9.17) is 0 Å². The molecule has 0 aliphatic carbocycles. The zero-order valence-electron chi connectivity index (χ0n) is 19.1. The molecule has 0 unspecified atom stereocenters. The summed E-state index contributed by atoms with van der Waals surface area (Å²) in [6, 6.07) is 24.6. The first-order valence-corrected chi connectivity index (χ1v) is 11.6. The Kier molecular flexibility index (Phi) is 6.58. The summed E-state index contributed by atoms with van der Waals surface area (Å²) in [6.07, 6.45) is 1.81. The zero-order chi connectivity index (χ0) is 24.2. The second-order valence-electron chi connectivity index (χ2n) is 8.01. The molecule has 1 amide bonds. The molecule has 168 valence electrons. The number of hydrogen-bond donors (Lipinski definition) is 1. The Morgan fingerprint density at radius 1 is 0.971 bits per heavy atom. The molecule has 1 heterocycles. The van der Waals surface area contributed by atoms with Crippen LogP contribution in [0.2, 0.25) is 0 Å². The molecule has 4 rings (SSSR count). The summed E-state index contributed by atoms with van der Waals surface area (Å²) < 4.78 is 2.22. The third-order valence-electron chi connectivity index (χ3n) is 5.48. The van der Waals surface area contributed by atoms with E-state index in [-0.39, 0.29) is 11.1 Å². The topological polar surface area (TPSA) is 74.9 Å². The minimum absolute atomic E-state index is 0.115. The van der Waals surface area contributed by atoms with Crippen molar-refractivity contribution >= 4 is 34.6 Å². The minimum Gasteiger partial charge on any atom is -0.321 e. The molecule has 0 saturated carbocycles. The molecule has 6 heteroatoms.